The van der Waals surface area contributed by atoms with Crippen LogP contribution in [-0.4, -0.2) is 46.8 Å². The van der Waals surface area contributed by atoms with Crippen LogP contribution in [-0.2, 0) is 13.5 Å². The summed E-state index contributed by atoms with van der Waals surface area (Å²) in [6.07, 6.45) is 4.74. The number of rotatable bonds is 5. The lowest BCUT2D eigenvalue weighted by Gasteiger charge is -2.27. The Hall–Kier alpha value is -3.85. The number of nitrogens with one attached hydrogen (secondary N) is 1. The van der Waals surface area contributed by atoms with Crippen LogP contribution in [0, 0.1) is 0 Å². The van der Waals surface area contributed by atoms with Crippen molar-refractivity contribution < 1.29 is 0 Å². The van der Waals surface area contributed by atoms with Gasteiger partial charge < -0.3 is 11.1 Å². The molecule has 3 N–H and O–H groups in total. The normalized spacial score (nSPS) is 18.5. The summed E-state index contributed by atoms with van der Waals surface area (Å²) in [5.74, 6) is 2.10. The molecule has 3 heterocycles. The Morgan fingerprint density at radius 1 is 0.971 bits per heavy atom. The van der Waals surface area contributed by atoms with Crippen molar-refractivity contribution in [3.63, 3.8) is 0 Å². The van der Waals surface area contributed by atoms with Gasteiger partial charge >= 0.3 is 0 Å². The van der Waals surface area contributed by atoms with E-state index in [1.165, 1.54) is 4.80 Å². The second-order valence-corrected chi connectivity index (χ2v) is 9.04. The largest absolute Gasteiger partial charge is 0.367 e. The average Bonchev–Trinajstić information content (AvgIpc) is 3.42. The molecule has 9 heteroatoms. The first-order chi connectivity index (χ1) is 16.7. The number of nitrogens with two attached hydrogens (primary N) is 1. The van der Waals surface area contributed by atoms with E-state index in [0.29, 0.717) is 24.5 Å². The third-order valence-corrected chi connectivity index (χ3v) is 6.58. The number of nitrogens with zero attached hydrogens (tertiary/aromatic N) is 7. The molecule has 6 rings (SSSR count). The molecule has 9 nitrogen and oxygen atoms in total. The van der Waals surface area contributed by atoms with Crippen LogP contribution in [0.5, 0.6) is 0 Å². The zero-order valence-electron chi connectivity index (χ0n) is 19.1. The van der Waals surface area contributed by atoms with E-state index in [1.54, 1.807) is 7.05 Å². The Morgan fingerprint density at radius 3 is 2.50 bits per heavy atom. The van der Waals surface area contributed by atoms with Gasteiger partial charge in [-0.25, -0.2) is 9.97 Å². The predicted molar refractivity (Wildman–Crippen MR) is 132 cm³/mol. The molecule has 0 radical (unpaired) electrons. The quantitative estimate of drug-likeness (QED) is 0.419. The van der Waals surface area contributed by atoms with E-state index < -0.39 is 0 Å². The van der Waals surface area contributed by atoms with Crippen molar-refractivity contribution in [2.75, 3.05) is 5.32 Å². The van der Waals surface area contributed by atoms with Gasteiger partial charge in [0.15, 0.2) is 5.65 Å². The molecular weight excluding hydrogens is 426 g/mol. The smallest absolute Gasteiger partial charge is 0.276 e. The van der Waals surface area contributed by atoms with E-state index in [1.807, 2.05) is 34.9 Å². The van der Waals surface area contributed by atoms with Crippen LogP contribution in [0.2, 0.25) is 0 Å². The van der Waals surface area contributed by atoms with Crippen LogP contribution in [0.25, 0.3) is 27.9 Å². The molecule has 172 valence electrons. The van der Waals surface area contributed by atoms with Crippen LogP contribution < -0.4 is 11.1 Å². The Bertz CT molecular complexity index is 1450. The molecule has 0 bridgehead atoms. The van der Waals surface area contributed by atoms with Gasteiger partial charge in [-0.05, 0) is 42.5 Å². The van der Waals surface area contributed by atoms with Crippen LogP contribution >= 0.6 is 0 Å². The van der Waals surface area contributed by atoms with Crippen molar-refractivity contribution >= 4 is 27.8 Å². The number of hydrogen-bond donors (Lipinski definition) is 2. The number of anilines is 1. The van der Waals surface area contributed by atoms with Crippen molar-refractivity contribution in [2.45, 2.75) is 44.2 Å². The lowest BCUT2D eigenvalue weighted by molar-refractivity contribution is 0.410. The van der Waals surface area contributed by atoms with Gasteiger partial charge in [0.1, 0.15) is 11.6 Å². The zero-order chi connectivity index (χ0) is 23.1. The highest BCUT2D eigenvalue weighted by atomic mass is 15.6. The summed E-state index contributed by atoms with van der Waals surface area (Å²) < 4.78 is 1.98. The Kier molecular flexibility index (Phi) is 5.18. The summed E-state index contributed by atoms with van der Waals surface area (Å²) in [5, 5.41) is 18.6. The van der Waals surface area contributed by atoms with Crippen molar-refractivity contribution in [3.05, 3.63) is 66.0 Å². The van der Waals surface area contributed by atoms with Gasteiger partial charge in [0.25, 0.3) is 5.95 Å². The third-order valence-electron chi connectivity index (χ3n) is 6.58. The minimum atomic E-state index is 0.293. The number of tetrazole rings is 1. The minimum Gasteiger partial charge on any atom is -0.367 e. The fourth-order valence-corrected chi connectivity index (χ4v) is 4.88. The van der Waals surface area contributed by atoms with E-state index in [0.717, 1.165) is 64.8 Å². The lowest BCUT2D eigenvalue weighted by atomic mass is 9.92. The lowest BCUT2D eigenvalue weighted by Crippen LogP contribution is -2.33. The summed E-state index contributed by atoms with van der Waals surface area (Å²) in [6, 6.07) is 19.1. The monoisotopic (exact) mass is 453 g/mol. The number of aromatic nitrogens is 7. The van der Waals surface area contributed by atoms with Gasteiger partial charge in [0.05, 0.1) is 18.0 Å². The molecular formula is C25H27N9. The standard InChI is InChI=1S/C25H27N9/c1-33-31-25(30-32-33)34-20-10-6-5-9-19(20)22-23(27-18-13-11-17(26)12-14-18)28-21(29-24(22)34)15-16-7-3-2-4-8-16/h2-10,17-18H,11-15,26H2,1H3,(H,27,28,29)/t17-,18-. The molecule has 5 aromatic rings. The molecule has 1 aliphatic rings. The Labute approximate surface area is 197 Å². The molecule has 0 aliphatic heterocycles. The van der Waals surface area contributed by atoms with Crippen LogP contribution in [0.3, 0.4) is 0 Å². The second-order valence-electron chi connectivity index (χ2n) is 9.04. The van der Waals surface area contributed by atoms with Gasteiger partial charge in [-0.15, -0.1) is 5.10 Å². The molecule has 1 saturated carbocycles. The number of hydrogen-bond acceptors (Lipinski definition) is 7. The molecule has 0 unspecified atom stereocenters. The summed E-state index contributed by atoms with van der Waals surface area (Å²) in [4.78, 5) is 11.5. The molecule has 3 aromatic heterocycles. The van der Waals surface area contributed by atoms with Crippen LogP contribution in [0.15, 0.2) is 54.6 Å². The van der Waals surface area contributed by atoms with Crippen LogP contribution in [0.4, 0.5) is 5.82 Å². The molecule has 0 saturated heterocycles. The Balaban J connectivity index is 1.56. The second kappa shape index (κ2) is 8.49. The number of fused-ring (bicyclic) bond motifs is 3. The fraction of sp³-hybridized carbons (Fsp3) is 0.320. The van der Waals surface area contributed by atoms with Crippen molar-refractivity contribution in [2.24, 2.45) is 12.8 Å². The number of benzene rings is 2. The fourth-order valence-electron chi connectivity index (χ4n) is 4.88. The molecule has 2 aromatic carbocycles. The molecule has 34 heavy (non-hydrogen) atoms. The van der Waals surface area contributed by atoms with Crippen LogP contribution in [0.1, 0.15) is 37.1 Å². The van der Waals surface area contributed by atoms with E-state index in [4.69, 9.17) is 15.7 Å². The molecule has 0 atom stereocenters. The maximum atomic E-state index is 6.16. The third kappa shape index (κ3) is 3.77. The van der Waals surface area contributed by atoms with Gasteiger partial charge in [-0.1, -0.05) is 53.6 Å². The molecule has 1 fully saturated rings. The van der Waals surface area contributed by atoms with Crippen molar-refractivity contribution in [1.82, 2.24) is 34.7 Å². The van der Waals surface area contributed by atoms with Gasteiger partial charge in [0, 0.05) is 23.9 Å². The summed E-state index contributed by atoms with van der Waals surface area (Å²) in [5.41, 5.74) is 9.08. The topological polar surface area (TPSA) is 112 Å². The number of para-hydroxylation sites is 1. The summed E-state index contributed by atoms with van der Waals surface area (Å²) in [7, 11) is 1.76. The highest BCUT2D eigenvalue weighted by Crippen LogP contribution is 2.35. The maximum Gasteiger partial charge on any atom is 0.276 e. The molecule has 1 aliphatic carbocycles. The summed E-state index contributed by atoms with van der Waals surface area (Å²) in [6.45, 7) is 0. The first kappa shape index (κ1) is 20.7. The van der Waals surface area contributed by atoms with Gasteiger partial charge in [0.2, 0.25) is 0 Å². The summed E-state index contributed by atoms with van der Waals surface area (Å²) >= 11 is 0. The first-order valence-electron chi connectivity index (χ1n) is 11.8. The van der Waals surface area contributed by atoms with Crippen molar-refractivity contribution in [3.8, 4) is 5.95 Å². The zero-order valence-corrected chi connectivity index (χ0v) is 19.1. The predicted octanol–water partition coefficient (Wildman–Crippen LogP) is 3.37. The number of aryl methyl sites for hydroxylation is 1. The maximum absolute atomic E-state index is 6.16. The molecule has 0 amide bonds. The van der Waals surface area contributed by atoms with Gasteiger partial charge in [-0.2, -0.15) is 4.80 Å². The van der Waals surface area contributed by atoms with E-state index >= 15 is 0 Å². The molecule has 0 spiro atoms. The average molecular weight is 454 g/mol. The highest BCUT2D eigenvalue weighted by molar-refractivity contribution is 6.12. The minimum absolute atomic E-state index is 0.293. The van der Waals surface area contributed by atoms with E-state index in [-0.39, 0.29) is 0 Å². The van der Waals surface area contributed by atoms with Gasteiger partial charge in [-0.3, -0.25) is 4.57 Å². The Morgan fingerprint density at radius 2 is 1.74 bits per heavy atom. The highest BCUT2D eigenvalue weighted by Gasteiger charge is 2.24. The van der Waals surface area contributed by atoms with Crippen molar-refractivity contribution in [1.29, 1.82) is 0 Å². The first-order valence-corrected chi connectivity index (χ1v) is 11.8. The van der Waals surface area contributed by atoms with E-state index in [2.05, 4.69) is 45.0 Å². The SMILES string of the molecule is Cn1nnc(-n2c3ccccc3c3c(N[C@H]4CC[C@H](N)CC4)nc(Cc4ccccc4)nc32)n1. The van der Waals surface area contributed by atoms with E-state index in [9.17, 15) is 0 Å².